The lowest BCUT2D eigenvalue weighted by molar-refractivity contribution is 0.277. The minimum absolute atomic E-state index is 0.0461. The minimum Gasteiger partial charge on any atom is -0.390 e. The van der Waals surface area contributed by atoms with E-state index in [4.69, 9.17) is 5.11 Å². The van der Waals surface area contributed by atoms with Crippen LogP contribution in [0.1, 0.15) is 64.0 Å². The Kier molecular flexibility index (Phi) is 7.72. The molecule has 0 fully saturated rings. The molecule has 1 aromatic rings. The van der Waals surface area contributed by atoms with E-state index < -0.39 is 0 Å². The van der Waals surface area contributed by atoms with Gasteiger partial charge in [-0.15, -0.1) is 0 Å². The molecular formula is C14H26N2O. The Morgan fingerprint density at radius 3 is 2.29 bits per heavy atom. The Morgan fingerprint density at radius 2 is 1.71 bits per heavy atom. The monoisotopic (exact) mass is 238 g/mol. The van der Waals surface area contributed by atoms with E-state index in [2.05, 4.69) is 16.5 Å². The molecule has 98 valence electrons. The van der Waals surface area contributed by atoms with Crippen LogP contribution in [0, 0.1) is 0 Å². The molecule has 0 radical (unpaired) electrons. The normalized spacial score (nSPS) is 10.9. The third-order valence-electron chi connectivity index (χ3n) is 3.12. The number of aryl methyl sites for hydroxylation is 1. The number of unbranched alkanes of at least 4 members (excludes halogenated alkanes) is 7. The fourth-order valence-electron chi connectivity index (χ4n) is 2.04. The van der Waals surface area contributed by atoms with Gasteiger partial charge in [-0.2, -0.15) is 0 Å². The fourth-order valence-corrected chi connectivity index (χ4v) is 2.04. The van der Waals surface area contributed by atoms with E-state index in [-0.39, 0.29) is 6.61 Å². The smallest absolute Gasteiger partial charge is 0.0950 e. The van der Waals surface area contributed by atoms with Crippen molar-refractivity contribution in [2.24, 2.45) is 0 Å². The number of hydrogen-bond acceptors (Lipinski definition) is 2. The molecule has 0 saturated heterocycles. The summed E-state index contributed by atoms with van der Waals surface area (Å²) in [5.74, 6) is 0. The minimum atomic E-state index is 0.0461. The first-order chi connectivity index (χ1) is 8.36. The number of rotatable bonds is 10. The van der Waals surface area contributed by atoms with E-state index >= 15 is 0 Å². The first-order valence-electron chi connectivity index (χ1n) is 6.98. The lowest BCUT2D eigenvalue weighted by Crippen LogP contribution is -1.94. The number of hydrogen-bond donors (Lipinski definition) is 1. The van der Waals surface area contributed by atoms with E-state index in [1.165, 1.54) is 51.4 Å². The number of nitrogens with zero attached hydrogens (tertiary/aromatic N) is 2. The maximum Gasteiger partial charge on any atom is 0.0950 e. The van der Waals surface area contributed by atoms with Crippen LogP contribution in [0.4, 0.5) is 0 Å². The molecule has 0 aliphatic heterocycles. The van der Waals surface area contributed by atoms with E-state index in [0.717, 1.165) is 12.2 Å². The van der Waals surface area contributed by atoms with Crippen LogP contribution in [-0.2, 0) is 13.2 Å². The van der Waals surface area contributed by atoms with Gasteiger partial charge in [-0.25, -0.2) is 4.98 Å². The second-order valence-electron chi connectivity index (χ2n) is 4.74. The van der Waals surface area contributed by atoms with Gasteiger partial charge >= 0.3 is 0 Å². The molecule has 1 N–H and O–H groups in total. The number of aromatic nitrogens is 2. The largest absolute Gasteiger partial charge is 0.390 e. The predicted molar refractivity (Wildman–Crippen MR) is 70.8 cm³/mol. The number of imidazole rings is 1. The second kappa shape index (κ2) is 9.23. The third kappa shape index (κ3) is 6.47. The van der Waals surface area contributed by atoms with Gasteiger partial charge in [0.2, 0.25) is 0 Å². The van der Waals surface area contributed by atoms with Crippen molar-refractivity contribution in [3.8, 4) is 0 Å². The summed E-state index contributed by atoms with van der Waals surface area (Å²) in [5, 5.41) is 8.89. The zero-order chi connectivity index (χ0) is 12.3. The quantitative estimate of drug-likeness (QED) is 0.633. The summed E-state index contributed by atoms with van der Waals surface area (Å²) < 4.78 is 2.07. The number of aliphatic hydroxyl groups excluding tert-OH is 1. The molecular weight excluding hydrogens is 212 g/mol. The molecule has 0 aromatic carbocycles. The summed E-state index contributed by atoms with van der Waals surface area (Å²) in [4.78, 5) is 4.10. The van der Waals surface area contributed by atoms with Crippen LogP contribution in [0.25, 0.3) is 0 Å². The van der Waals surface area contributed by atoms with Gasteiger partial charge in [0.15, 0.2) is 0 Å². The summed E-state index contributed by atoms with van der Waals surface area (Å²) in [6, 6.07) is 0. The Labute approximate surface area is 105 Å². The molecule has 1 heterocycles. The van der Waals surface area contributed by atoms with Gasteiger partial charge in [-0.3, -0.25) is 0 Å². The molecule has 3 heteroatoms. The zero-order valence-electron chi connectivity index (χ0n) is 11.1. The lowest BCUT2D eigenvalue weighted by atomic mass is 10.1. The average molecular weight is 238 g/mol. The molecule has 1 rings (SSSR count). The lowest BCUT2D eigenvalue weighted by Gasteiger charge is -2.02. The molecule has 0 aliphatic rings. The van der Waals surface area contributed by atoms with Gasteiger partial charge in [0, 0.05) is 12.7 Å². The predicted octanol–water partition coefficient (Wildman–Crippen LogP) is 3.52. The fraction of sp³-hybridized carbons (Fsp3) is 0.786. The molecule has 0 bridgehead atoms. The Bertz CT molecular complexity index is 284. The molecule has 0 atom stereocenters. The molecule has 0 saturated carbocycles. The Morgan fingerprint density at radius 1 is 1.06 bits per heavy atom. The van der Waals surface area contributed by atoms with E-state index in [1.807, 2.05) is 12.5 Å². The van der Waals surface area contributed by atoms with Crippen molar-refractivity contribution < 1.29 is 5.11 Å². The third-order valence-corrected chi connectivity index (χ3v) is 3.12. The SMILES string of the molecule is CCCCCCCCCCn1cnc(CO)c1. The van der Waals surface area contributed by atoms with Gasteiger partial charge in [-0.1, -0.05) is 51.9 Å². The van der Waals surface area contributed by atoms with Crippen LogP contribution in [0.3, 0.4) is 0 Å². The summed E-state index contributed by atoms with van der Waals surface area (Å²) in [7, 11) is 0. The maximum atomic E-state index is 8.89. The van der Waals surface area contributed by atoms with Gasteiger partial charge in [0.05, 0.1) is 18.6 Å². The highest BCUT2D eigenvalue weighted by Crippen LogP contribution is 2.09. The first-order valence-corrected chi connectivity index (χ1v) is 6.98. The first kappa shape index (κ1) is 14.2. The Hall–Kier alpha value is -0.830. The summed E-state index contributed by atoms with van der Waals surface area (Å²) in [5.41, 5.74) is 0.768. The van der Waals surface area contributed by atoms with Crippen LogP contribution >= 0.6 is 0 Å². The van der Waals surface area contributed by atoms with Crippen molar-refractivity contribution in [3.63, 3.8) is 0 Å². The molecule has 0 aliphatic carbocycles. The van der Waals surface area contributed by atoms with Gasteiger partial charge in [0.25, 0.3) is 0 Å². The van der Waals surface area contributed by atoms with E-state index in [9.17, 15) is 0 Å². The van der Waals surface area contributed by atoms with Gasteiger partial charge in [-0.05, 0) is 6.42 Å². The second-order valence-corrected chi connectivity index (χ2v) is 4.74. The zero-order valence-corrected chi connectivity index (χ0v) is 11.1. The molecule has 1 aromatic heterocycles. The van der Waals surface area contributed by atoms with E-state index in [1.54, 1.807) is 0 Å². The highest BCUT2D eigenvalue weighted by Gasteiger charge is 1.96. The molecule has 17 heavy (non-hydrogen) atoms. The van der Waals surface area contributed by atoms with Crippen LogP contribution in [-0.4, -0.2) is 14.7 Å². The van der Waals surface area contributed by atoms with Crippen LogP contribution in [0.15, 0.2) is 12.5 Å². The Balaban J connectivity index is 1.93. The van der Waals surface area contributed by atoms with Crippen molar-refractivity contribution in [3.05, 3.63) is 18.2 Å². The molecule has 3 nitrogen and oxygen atoms in total. The van der Waals surface area contributed by atoms with Crippen LogP contribution in [0.5, 0.6) is 0 Å². The summed E-state index contributed by atoms with van der Waals surface area (Å²) in [6.07, 6.45) is 14.5. The number of aliphatic hydroxyl groups is 1. The molecule has 0 unspecified atom stereocenters. The highest BCUT2D eigenvalue weighted by molar-refractivity contribution is 4.93. The van der Waals surface area contributed by atoms with Crippen molar-refractivity contribution in [1.82, 2.24) is 9.55 Å². The topological polar surface area (TPSA) is 38.0 Å². The summed E-state index contributed by atoms with van der Waals surface area (Å²) in [6.45, 7) is 3.33. The molecule has 0 spiro atoms. The van der Waals surface area contributed by atoms with Gasteiger partial charge in [0.1, 0.15) is 0 Å². The van der Waals surface area contributed by atoms with E-state index in [0.29, 0.717) is 0 Å². The van der Waals surface area contributed by atoms with Crippen molar-refractivity contribution in [2.75, 3.05) is 0 Å². The standard InChI is InChI=1S/C14H26N2O/c1-2-3-4-5-6-7-8-9-10-16-11-14(12-17)15-13-16/h11,13,17H,2-10,12H2,1H3. The van der Waals surface area contributed by atoms with Gasteiger partial charge < -0.3 is 9.67 Å². The molecule has 0 amide bonds. The van der Waals surface area contributed by atoms with Crippen LogP contribution < -0.4 is 0 Å². The van der Waals surface area contributed by atoms with Crippen molar-refractivity contribution in [1.29, 1.82) is 0 Å². The van der Waals surface area contributed by atoms with Crippen LogP contribution in [0.2, 0.25) is 0 Å². The average Bonchev–Trinajstić information content (AvgIpc) is 2.80. The highest BCUT2D eigenvalue weighted by atomic mass is 16.3. The maximum absolute atomic E-state index is 8.89. The van der Waals surface area contributed by atoms with Crippen molar-refractivity contribution >= 4 is 0 Å². The summed E-state index contributed by atoms with van der Waals surface area (Å²) >= 11 is 0. The van der Waals surface area contributed by atoms with Crippen molar-refractivity contribution in [2.45, 2.75) is 71.4 Å².